The lowest BCUT2D eigenvalue weighted by atomic mass is 10.1. The summed E-state index contributed by atoms with van der Waals surface area (Å²) >= 11 is 7.40. The Balaban J connectivity index is 2.25. The van der Waals surface area contributed by atoms with Crippen LogP contribution in [0.25, 0.3) is 10.1 Å². The SMILES string of the molecule is CC(Cl)=Nc1ccc2sc3c(c2c1C)NC[C@@H](C)NC3=O. The van der Waals surface area contributed by atoms with Crippen molar-refractivity contribution in [3.8, 4) is 0 Å². The van der Waals surface area contributed by atoms with Crippen molar-refractivity contribution in [3.05, 3.63) is 22.6 Å². The van der Waals surface area contributed by atoms with E-state index in [1.807, 2.05) is 26.0 Å². The fraction of sp³-hybridized carbons (Fsp3) is 0.333. The van der Waals surface area contributed by atoms with Gasteiger partial charge < -0.3 is 10.6 Å². The summed E-state index contributed by atoms with van der Waals surface area (Å²) in [5.74, 6) is -0.0123. The van der Waals surface area contributed by atoms with Gasteiger partial charge in [-0.1, -0.05) is 11.6 Å². The van der Waals surface area contributed by atoms with Crippen LogP contribution in [0.4, 0.5) is 11.4 Å². The van der Waals surface area contributed by atoms with E-state index in [0.29, 0.717) is 11.7 Å². The van der Waals surface area contributed by atoms with Gasteiger partial charge in [0.15, 0.2) is 0 Å². The van der Waals surface area contributed by atoms with E-state index in [9.17, 15) is 4.79 Å². The summed E-state index contributed by atoms with van der Waals surface area (Å²) < 4.78 is 1.08. The van der Waals surface area contributed by atoms with Gasteiger partial charge in [-0.3, -0.25) is 4.79 Å². The molecule has 1 aliphatic heterocycles. The molecule has 0 saturated heterocycles. The lowest BCUT2D eigenvalue weighted by molar-refractivity contribution is 0.0949. The van der Waals surface area contributed by atoms with Gasteiger partial charge in [-0.2, -0.15) is 0 Å². The average Bonchev–Trinajstić information content (AvgIpc) is 2.72. The van der Waals surface area contributed by atoms with Crippen LogP contribution in [0.2, 0.25) is 0 Å². The number of benzene rings is 1. The second kappa shape index (κ2) is 5.31. The summed E-state index contributed by atoms with van der Waals surface area (Å²) in [6.07, 6.45) is 0. The number of fused-ring (bicyclic) bond motifs is 3. The zero-order chi connectivity index (χ0) is 15.1. The van der Waals surface area contributed by atoms with Gasteiger partial charge in [0.1, 0.15) is 10.0 Å². The van der Waals surface area contributed by atoms with E-state index in [-0.39, 0.29) is 11.9 Å². The van der Waals surface area contributed by atoms with Gasteiger partial charge in [0.05, 0.1) is 11.4 Å². The number of carbonyl (C=O) groups is 1. The molecular formula is C15H16ClN3OS. The molecular weight excluding hydrogens is 306 g/mol. The second-order valence-electron chi connectivity index (χ2n) is 5.25. The smallest absolute Gasteiger partial charge is 0.263 e. The van der Waals surface area contributed by atoms with E-state index in [0.717, 1.165) is 31.9 Å². The molecule has 21 heavy (non-hydrogen) atoms. The molecule has 2 heterocycles. The van der Waals surface area contributed by atoms with Crippen molar-refractivity contribution in [2.45, 2.75) is 26.8 Å². The molecule has 110 valence electrons. The quantitative estimate of drug-likeness (QED) is 0.779. The van der Waals surface area contributed by atoms with Crippen LogP contribution >= 0.6 is 22.9 Å². The number of thiophene rings is 1. The molecule has 0 fully saturated rings. The summed E-state index contributed by atoms with van der Waals surface area (Å²) in [5, 5.41) is 7.95. The predicted octanol–water partition coefficient (Wildman–Crippen LogP) is 4.04. The number of amides is 1. The van der Waals surface area contributed by atoms with Gasteiger partial charge >= 0.3 is 0 Å². The molecule has 1 aromatic heterocycles. The third-order valence-electron chi connectivity index (χ3n) is 3.53. The first-order chi connectivity index (χ1) is 9.97. The molecule has 2 N–H and O–H groups in total. The number of halogens is 1. The van der Waals surface area contributed by atoms with Gasteiger partial charge in [0, 0.05) is 22.7 Å². The molecule has 0 saturated carbocycles. The minimum Gasteiger partial charge on any atom is -0.381 e. The Hall–Kier alpha value is -1.59. The molecule has 1 aromatic carbocycles. The van der Waals surface area contributed by atoms with Crippen molar-refractivity contribution >= 4 is 55.5 Å². The molecule has 1 atom stereocenters. The van der Waals surface area contributed by atoms with Crippen molar-refractivity contribution in [2.75, 3.05) is 11.9 Å². The van der Waals surface area contributed by atoms with E-state index < -0.39 is 0 Å². The predicted molar refractivity (Wildman–Crippen MR) is 90.6 cm³/mol. The molecule has 2 aromatic rings. The highest BCUT2D eigenvalue weighted by molar-refractivity contribution is 7.21. The standard InChI is InChI=1S/C15H16ClN3OS/c1-7-6-17-13-12-8(2)10(19-9(3)16)4-5-11(12)21-14(13)15(20)18-7/h4-5,7,17H,6H2,1-3H3,(H,18,20)/t7-/m1/s1. The van der Waals surface area contributed by atoms with Gasteiger partial charge in [-0.15, -0.1) is 11.3 Å². The van der Waals surface area contributed by atoms with Gasteiger partial charge in [0.25, 0.3) is 5.91 Å². The third kappa shape index (κ3) is 2.51. The Labute approximate surface area is 132 Å². The molecule has 1 aliphatic rings. The number of anilines is 1. The maximum Gasteiger partial charge on any atom is 0.263 e. The van der Waals surface area contributed by atoms with Gasteiger partial charge in [-0.05, 0) is 38.5 Å². The Morgan fingerprint density at radius 2 is 2.24 bits per heavy atom. The summed E-state index contributed by atoms with van der Waals surface area (Å²) in [6.45, 7) is 6.48. The van der Waals surface area contributed by atoms with Crippen LogP contribution in [0.15, 0.2) is 17.1 Å². The number of hydrogen-bond acceptors (Lipinski definition) is 4. The van der Waals surface area contributed by atoms with E-state index in [4.69, 9.17) is 11.6 Å². The summed E-state index contributed by atoms with van der Waals surface area (Å²) in [5.41, 5.74) is 2.80. The number of hydrogen-bond donors (Lipinski definition) is 2. The minimum absolute atomic E-state index is 0.0123. The normalized spacial score (nSPS) is 19.0. The van der Waals surface area contributed by atoms with E-state index in [2.05, 4.69) is 15.6 Å². The highest BCUT2D eigenvalue weighted by Gasteiger charge is 2.24. The third-order valence-corrected chi connectivity index (χ3v) is 4.77. The lowest BCUT2D eigenvalue weighted by Gasteiger charge is -2.10. The number of aliphatic imine (C=N–C) groups is 1. The Bertz CT molecular complexity index is 762. The zero-order valence-corrected chi connectivity index (χ0v) is 13.7. The first kappa shape index (κ1) is 14.4. The molecule has 0 aliphatic carbocycles. The second-order valence-corrected chi connectivity index (χ2v) is 6.85. The largest absolute Gasteiger partial charge is 0.381 e. The molecule has 0 unspecified atom stereocenters. The molecule has 3 rings (SSSR count). The van der Waals surface area contributed by atoms with Crippen molar-refractivity contribution in [1.82, 2.24) is 5.32 Å². The van der Waals surface area contributed by atoms with Crippen LogP contribution in [-0.2, 0) is 0 Å². The van der Waals surface area contributed by atoms with Crippen LogP contribution in [-0.4, -0.2) is 23.7 Å². The molecule has 4 nitrogen and oxygen atoms in total. The van der Waals surface area contributed by atoms with E-state index >= 15 is 0 Å². The highest BCUT2D eigenvalue weighted by atomic mass is 35.5. The molecule has 0 bridgehead atoms. The molecule has 6 heteroatoms. The molecule has 0 spiro atoms. The number of nitrogens with zero attached hydrogens (tertiary/aromatic N) is 1. The van der Waals surface area contributed by atoms with E-state index in [1.54, 1.807) is 6.92 Å². The number of carbonyl (C=O) groups excluding carboxylic acids is 1. The summed E-state index contributed by atoms with van der Waals surface area (Å²) in [6, 6.07) is 4.05. The summed E-state index contributed by atoms with van der Waals surface area (Å²) in [7, 11) is 0. The van der Waals surface area contributed by atoms with Crippen LogP contribution in [0.1, 0.15) is 29.1 Å². The van der Waals surface area contributed by atoms with Crippen molar-refractivity contribution in [2.24, 2.45) is 4.99 Å². The molecule has 0 radical (unpaired) electrons. The maximum atomic E-state index is 12.3. The Morgan fingerprint density at radius 3 is 2.95 bits per heavy atom. The van der Waals surface area contributed by atoms with Crippen LogP contribution in [0.5, 0.6) is 0 Å². The first-order valence-electron chi connectivity index (χ1n) is 6.79. The lowest BCUT2D eigenvalue weighted by Crippen LogP contribution is -2.34. The maximum absolute atomic E-state index is 12.3. The molecule has 1 amide bonds. The zero-order valence-electron chi connectivity index (χ0n) is 12.1. The number of aryl methyl sites for hydroxylation is 1. The highest BCUT2D eigenvalue weighted by Crippen LogP contribution is 2.41. The van der Waals surface area contributed by atoms with Crippen LogP contribution < -0.4 is 10.6 Å². The van der Waals surface area contributed by atoms with Crippen molar-refractivity contribution in [1.29, 1.82) is 0 Å². The van der Waals surface area contributed by atoms with E-state index in [1.165, 1.54) is 11.3 Å². The Morgan fingerprint density at radius 1 is 1.48 bits per heavy atom. The number of nitrogens with one attached hydrogen (secondary N) is 2. The first-order valence-corrected chi connectivity index (χ1v) is 7.98. The fourth-order valence-corrected chi connectivity index (χ4v) is 3.79. The van der Waals surface area contributed by atoms with Crippen LogP contribution in [0.3, 0.4) is 0 Å². The monoisotopic (exact) mass is 321 g/mol. The van der Waals surface area contributed by atoms with Gasteiger partial charge in [0.2, 0.25) is 0 Å². The minimum atomic E-state index is -0.0123. The number of rotatable bonds is 1. The van der Waals surface area contributed by atoms with Crippen LogP contribution in [0, 0.1) is 6.92 Å². The Kier molecular flexibility index (Phi) is 3.63. The van der Waals surface area contributed by atoms with Gasteiger partial charge in [-0.25, -0.2) is 4.99 Å². The average molecular weight is 322 g/mol. The van der Waals surface area contributed by atoms with Crippen molar-refractivity contribution < 1.29 is 4.79 Å². The summed E-state index contributed by atoms with van der Waals surface area (Å²) in [4.78, 5) is 17.4. The topological polar surface area (TPSA) is 53.5 Å². The fourth-order valence-electron chi connectivity index (χ4n) is 2.56. The van der Waals surface area contributed by atoms with Crippen molar-refractivity contribution in [3.63, 3.8) is 0 Å².